The van der Waals surface area contributed by atoms with Crippen molar-refractivity contribution in [3.05, 3.63) is 58.7 Å². The number of nitrogens with one attached hydrogen (secondary N) is 1. The van der Waals surface area contributed by atoms with E-state index in [1.54, 1.807) is 0 Å². The second-order valence-electron chi connectivity index (χ2n) is 5.04. The van der Waals surface area contributed by atoms with Crippen molar-refractivity contribution in [2.24, 2.45) is 0 Å². The lowest BCUT2D eigenvalue weighted by Gasteiger charge is -2.14. The summed E-state index contributed by atoms with van der Waals surface area (Å²) in [5.74, 6) is 0.273. The van der Waals surface area contributed by atoms with Gasteiger partial charge in [-0.1, -0.05) is 45.9 Å². The lowest BCUT2D eigenvalue weighted by Crippen LogP contribution is -2.28. The van der Waals surface area contributed by atoms with Crippen LogP contribution in [0.5, 0.6) is 0 Å². The minimum absolute atomic E-state index is 0.0295. The highest BCUT2D eigenvalue weighted by molar-refractivity contribution is 9.10. The second-order valence-corrected chi connectivity index (χ2v) is 6.90. The van der Waals surface area contributed by atoms with Crippen molar-refractivity contribution in [3.8, 4) is 0 Å². The average Bonchev–Trinajstić information content (AvgIpc) is 2.97. The number of amides is 1. The lowest BCUT2D eigenvalue weighted by molar-refractivity contribution is -0.119. The Morgan fingerprint density at radius 2 is 2.04 bits per heavy atom. The topological polar surface area (TPSA) is 59.3 Å². The number of carbonyl (C=O) groups is 1. The number of benzene rings is 1. The van der Waals surface area contributed by atoms with Crippen molar-refractivity contribution < 1.29 is 4.79 Å². The maximum absolute atomic E-state index is 12.1. The predicted octanol–water partition coefficient (Wildman–Crippen LogP) is 3.46. The molecule has 0 bridgehead atoms. The van der Waals surface area contributed by atoms with Crippen molar-refractivity contribution in [1.82, 2.24) is 19.9 Å². The summed E-state index contributed by atoms with van der Waals surface area (Å²) in [4.78, 5) is 12.1. The maximum atomic E-state index is 12.1. The predicted molar refractivity (Wildman–Crippen MR) is 94.4 cm³/mol. The second kappa shape index (κ2) is 7.14. The van der Waals surface area contributed by atoms with Crippen LogP contribution in [0.1, 0.15) is 18.5 Å². The number of thioether (sulfide) groups is 1. The van der Waals surface area contributed by atoms with Gasteiger partial charge in [0.25, 0.3) is 0 Å². The lowest BCUT2D eigenvalue weighted by atomic mass is 10.1. The summed E-state index contributed by atoms with van der Waals surface area (Å²) in [5.41, 5.74) is 1.85. The minimum Gasteiger partial charge on any atom is -0.349 e. The first-order valence-electron chi connectivity index (χ1n) is 7.11. The van der Waals surface area contributed by atoms with Crippen LogP contribution in [0.25, 0.3) is 5.65 Å². The quantitative estimate of drug-likeness (QED) is 0.677. The molecule has 1 aromatic carbocycles. The van der Waals surface area contributed by atoms with E-state index in [1.807, 2.05) is 60.0 Å². The first-order valence-corrected chi connectivity index (χ1v) is 8.89. The van der Waals surface area contributed by atoms with Crippen molar-refractivity contribution in [1.29, 1.82) is 0 Å². The van der Waals surface area contributed by atoms with Gasteiger partial charge in [0.05, 0.1) is 11.8 Å². The molecule has 1 atom stereocenters. The highest BCUT2D eigenvalue weighted by Gasteiger charge is 2.12. The van der Waals surface area contributed by atoms with E-state index in [9.17, 15) is 4.79 Å². The van der Waals surface area contributed by atoms with Gasteiger partial charge in [0.2, 0.25) is 5.91 Å². The average molecular weight is 391 g/mol. The number of carbonyl (C=O) groups excluding carboxylic acids is 1. The molecule has 2 heterocycles. The Balaban J connectivity index is 1.58. The van der Waals surface area contributed by atoms with E-state index in [4.69, 9.17) is 0 Å². The zero-order valence-corrected chi connectivity index (χ0v) is 14.8. The molecule has 0 saturated heterocycles. The summed E-state index contributed by atoms with van der Waals surface area (Å²) in [6.07, 6.45) is 1.89. The highest BCUT2D eigenvalue weighted by atomic mass is 79.9. The van der Waals surface area contributed by atoms with Crippen LogP contribution in [0.4, 0.5) is 0 Å². The largest absolute Gasteiger partial charge is 0.349 e. The van der Waals surface area contributed by atoms with E-state index in [1.165, 1.54) is 11.8 Å². The summed E-state index contributed by atoms with van der Waals surface area (Å²) in [6, 6.07) is 13.6. The Morgan fingerprint density at radius 3 is 2.83 bits per heavy atom. The summed E-state index contributed by atoms with van der Waals surface area (Å²) in [5, 5.41) is 11.9. The Hall–Kier alpha value is -1.86. The first kappa shape index (κ1) is 16.0. The molecule has 1 N–H and O–H groups in total. The summed E-state index contributed by atoms with van der Waals surface area (Å²) in [6.45, 7) is 1.97. The fraction of sp³-hybridized carbons (Fsp3) is 0.188. The van der Waals surface area contributed by atoms with Gasteiger partial charge >= 0.3 is 0 Å². The van der Waals surface area contributed by atoms with Crippen LogP contribution in [0.15, 0.2) is 58.3 Å². The van der Waals surface area contributed by atoms with Crippen molar-refractivity contribution in [2.45, 2.75) is 18.1 Å². The normalized spacial score (nSPS) is 12.3. The Kier molecular flexibility index (Phi) is 4.97. The Morgan fingerprint density at radius 1 is 1.26 bits per heavy atom. The maximum Gasteiger partial charge on any atom is 0.230 e. The van der Waals surface area contributed by atoms with Crippen LogP contribution in [-0.2, 0) is 4.79 Å². The molecule has 23 heavy (non-hydrogen) atoms. The molecule has 0 aliphatic heterocycles. The SMILES string of the molecule is C[C@H](NC(=O)CSc1nnc2ccccn12)c1ccc(Br)cc1. The van der Waals surface area contributed by atoms with E-state index < -0.39 is 0 Å². The monoisotopic (exact) mass is 390 g/mol. The number of hydrogen-bond donors (Lipinski definition) is 1. The fourth-order valence-electron chi connectivity index (χ4n) is 2.17. The third-order valence-electron chi connectivity index (χ3n) is 3.36. The zero-order valence-electron chi connectivity index (χ0n) is 12.4. The van der Waals surface area contributed by atoms with Crippen LogP contribution < -0.4 is 5.32 Å². The molecule has 5 nitrogen and oxygen atoms in total. The Bertz CT molecular complexity index is 818. The number of nitrogens with zero attached hydrogens (tertiary/aromatic N) is 3. The molecule has 0 fully saturated rings. The van der Waals surface area contributed by atoms with Crippen molar-refractivity contribution in [3.63, 3.8) is 0 Å². The van der Waals surface area contributed by atoms with E-state index in [0.29, 0.717) is 10.9 Å². The van der Waals surface area contributed by atoms with E-state index >= 15 is 0 Å². The molecule has 3 aromatic rings. The molecule has 2 aromatic heterocycles. The molecule has 0 aliphatic carbocycles. The molecular formula is C16H15BrN4OS. The summed E-state index contributed by atoms with van der Waals surface area (Å²) < 4.78 is 2.89. The first-order chi connectivity index (χ1) is 11.1. The van der Waals surface area contributed by atoms with Gasteiger partial charge in [0.1, 0.15) is 0 Å². The van der Waals surface area contributed by atoms with Gasteiger partial charge in [-0.2, -0.15) is 0 Å². The van der Waals surface area contributed by atoms with Crippen LogP contribution in [0.3, 0.4) is 0 Å². The Labute approximate surface area is 146 Å². The van der Waals surface area contributed by atoms with Crippen LogP contribution >= 0.6 is 27.7 Å². The number of rotatable bonds is 5. The van der Waals surface area contributed by atoms with Crippen molar-refractivity contribution >= 4 is 39.2 Å². The van der Waals surface area contributed by atoms with Gasteiger partial charge < -0.3 is 5.32 Å². The number of hydrogen-bond acceptors (Lipinski definition) is 4. The van der Waals surface area contributed by atoms with Crippen LogP contribution in [-0.4, -0.2) is 26.3 Å². The zero-order chi connectivity index (χ0) is 16.2. The van der Waals surface area contributed by atoms with Gasteiger partial charge in [0, 0.05) is 10.7 Å². The third-order valence-corrected chi connectivity index (χ3v) is 4.83. The number of pyridine rings is 1. The molecule has 118 valence electrons. The fourth-order valence-corrected chi connectivity index (χ4v) is 3.17. The van der Waals surface area contributed by atoms with Gasteiger partial charge in [-0.15, -0.1) is 10.2 Å². The van der Waals surface area contributed by atoms with Gasteiger partial charge in [-0.05, 0) is 36.8 Å². The van der Waals surface area contributed by atoms with E-state index in [0.717, 1.165) is 15.7 Å². The molecule has 0 unspecified atom stereocenters. The molecule has 3 rings (SSSR count). The molecule has 0 spiro atoms. The molecule has 0 radical (unpaired) electrons. The number of fused-ring (bicyclic) bond motifs is 1. The highest BCUT2D eigenvalue weighted by Crippen LogP contribution is 2.18. The van der Waals surface area contributed by atoms with Crippen LogP contribution in [0, 0.1) is 0 Å². The van der Waals surface area contributed by atoms with Gasteiger partial charge in [-0.25, -0.2) is 0 Å². The summed E-state index contributed by atoms with van der Waals surface area (Å²) in [7, 11) is 0. The smallest absolute Gasteiger partial charge is 0.230 e. The third kappa shape index (κ3) is 3.92. The van der Waals surface area contributed by atoms with E-state index in [2.05, 4.69) is 31.4 Å². The minimum atomic E-state index is -0.0358. The molecule has 0 aliphatic rings. The van der Waals surface area contributed by atoms with Gasteiger partial charge in [0.15, 0.2) is 10.8 Å². The van der Waals surface area contributed by atoms with Crippen molar-refractivity contribution in [2.75, 3.05) is 5.75 Å². The summed E-state index contributed by atoms with van der Waals surface area (Å²) >= 11 is 4.78. The van der Waals surface area contributed by atoms with E-state index in [-0.39, 0.29) is 11.9 Å². The molecule has 7 heteroatoms. The van der Waals surface area contributed by atoms with Crippen LogP contribution in [0.2, 0.25) is 0 Å². The number of aromatic nitrogens is 3. The molecule has 1 amide bonds. The number of halogens is 1. The van der Waals surface area contributed by atoms with Gasteiger partial charge in [-0.3, -0.25) is 9.20 Å². The molecular weight excluding hydrogens is 376 g/mol. The standard InChI is InChI=1S/C16H15BrN4OS/c1-11(12-5-7-13(17)8-6-12)18-15(22)10-23-16-20-19-14-4-2-3-9-21(14)16/h2-9,11H,10H2,1H3,(H,18,22)/t11-/m0/s1. The molecule has 0 saturated carbocycles.